The Kier molecular flexibility index (Phi) is 5.17. The Bertz CT molecular complexity index is 518. The van der Waals surface area contributed by atoms with Gasteiger partial charge in [-0.3, -0.25) is 4.98 Å². The van der Waals surface area contributed by atoms with Crippen molar-refractivity contribution in [2.45, 2.75) is 19.6 Å². The fourth-order valence-electron chi connectivity index (χ4n) is 2.10. The fourth-order valence-corrected chi connectivity index (χ4v) is 2.65. The minimum atomic E-state index is -0.700. The molecule has 108 valence electrons. The van der Waals surface area contributed by atoms with Gasteiger partial charge in [-0.05, 0) is 19.2 Å². The minimum Gasteiger partial charge on any atom is -0.386 e. The van der Waals surface area contributed by atoms with Gasteiger partial charge in [-0.15, -0.1) is 11.3 Å². The third kappa shape index (κ3) is 4.06. The van der Waals surface area contributed by atoms with Crippen LogP contribution in [0.15, 0.2) is 29.2 Å². The van der Waals surface area contributed by atoms with Crippen molar-refractivity contribution in [3.8, 4) is 0 Å². The summed E-state index contributed by atoms with van der Waals surface area (Å²) in [6.45, 7) is 3.41. The first-order valence-corrected chi connectivity index (χ1v) is 7.35. The average Bonchev–Trinajstić information content (AvgIpc) is 2.91. The molecule has 2 aromatic heterocycles. The second-order valence-corrected chi connectivity index (χ2v) is 5.72. The molecule has 20 heavy (non-hydrogen) atoms. The summed E-state index contributed by atoms with van der Waals surface area (Å²) in [5, 5.41) is 12.2. The van der Waals surface area contributed by atoms with Crippen LogP contribution in [-0.4, -0.2) is 33.6 Å². The van der Waals surface area contributed by atoms with Gasteiger partial charge in [0.1, 0.15) is 5.82 Å². The number of pyridine rings is 1. The number of aromatic nitrogens is 2. The van der Waals surface area contributed by atoms with Crippen LogP contribution in [0.2, 0.25) is 0 Å². The van der Waals surface area contributed by atoms with Crippen LogP contribution in [0.4, 0.5) is 4.39 Å². The maximum atomic E-state index is 12.8. The summed E-state index contributed by atoms with van der Waals surface area (Å²) >= 11 is 1.57. The van der Waals surface area contributed by atoms with E-state index >= 15 is 0 Å². The van der Waals surface area contributed by atoms with E-state index in [-0.39, 0.29) is 5.92 Å². The summed E-state index contributed by atoms with van der Waals surface area (Å²) in [5.41, 5.74) is 3.34. The van der Waals surface area contributed by atoms with Crippen LogP contribution >= 0.6 is 11.3 Å². The molecule has 0 bridgehead atoms. The smallest absolute Gasteiger partial charge is 0.141 e. The third-order valence-corrected chi connectivity index (χ3v) is 3.74. The van der Waals surface area contributed by atoms with Crippen LogP contribution in [0.1, 0.15) is 24.4 Å². The van der Waals surface area contributed by atoms with Crippen molar-refractivity contribution < 1.29 is 9.50 Å². The van der Waals surface area contributed by atoms with E-state index in [4.69, 9.17) is 0 Å². The molecule has 0 amide bonds. The van der Waals surface area contributed by atoms with Crippen molar-refractivity contribution in [3.05, 3.63) is 46.4 Å². The minimum absolute atomic E-state index is 0.00315. The molecule has 1 N–H and O–H groups in total. The lowest BCUT2D eigenvalue weighted by atomic mass is 10.0. The summed E-state index contributed by atoms with van der Waals surface area (Å²) in [6, 6.07) is 2.84. The highest BCUT2D eigenvalue weighted by Crippen LogP contribution is 2.21. The third-order valence-electron chi connectivity index (χ3n) is 3.11. The molecule has 0 aliphatic heterocycles. The number of hydrogen-bond acceptors (Lipinski definition) is 5. The maximum absolute atomic E-state index is 12.8. The molecular weight excluding hydrogens is 277 g/mol. The molecular formula is C14H18FN3OS. The van der Waals surface area contributed by atoms with Gasteiger partial charge in [-0.2, -0.15) is 0 Å². The Hall–Kier alpha value is -1.37. The molecule has 0 saturated heterocycles. The Morgan fingerprint density at radius 1 is 1.40 bits per heavy atom. The van der Waals surface area contributed by atoms with Gasteiger partial charge in [0.25, 0.3) is 0 Å². The van der Waals surface area contributed by atoms with Crippen LogP contribution in [0, 0.1) is 11.7 Å². The second kappa shape index (κ2) is 6.88. The van der Waals surface area contributed by atoms with E-state index in [1.807, 2.05) is 24.9 Å². The number of nitrogens with zero attached hydrogens (tertiary/aromatic N) is 3. The van der Waals surface area contributed by atoms with Gasteiger partial charge in [-0.25, -0.2) is 9.37 Å². The number of halogens is 1. The SMILES string of the molecule is CC(CN(C)Cc1cscn1)C(O)c1ccc(F)cn1. The van der Waals surface area contributed by atoms with Gasteiger partial charge in [-0.1, -0.05) is 6.92 Å². The monoisotopic (exact) mass is 295 g/mol. The normalized spacial score (nSPS) is 14.4. The van der Waals surface area contributed by atoms with Crippen molar-refractivity contribution >= 4 is 11.3 Å². The lowest BCUT2D eigenvalue weighted by Crippen LogP contribution is -2.27. The van der Waals surface area contributed by atoms with Gasteiger partial charge in [0.15, 0.2) is 0 Å². The predicted molar refractivity (Wildman–Crippen MR) is 76.8 cm³/mol. The summed E-state index contributed by atoms with van der Waals surface area (Å²) in [6.07, 6.45) is 0.429. The number of thiazole rings is 1. The zero-order chi connectivity index (χ0) is 14.5. The van der Waals surface area contributed by atoms with E-state index in [1.54, 1.807) is 11.3 Å². The highest BCUT2D eigenvalue weighted by atomic mass is 32.1. The van der Waals surface area contributed by atoms with E-state index in [9.17, 15) is 9.50 Å². The molecule has 2 atom stereocenters. The molecule has 2 rings (SSSR count). The molecule has 2 unspecified atom stereocenters. The second-order valence-electron chi connectivity index (χ2n) is 5.00. The number of hydrogen-bond donors (Lipinski definition) is 1. The van der Waals surface area contributed by atoms with Crippen molar-refractivity contribution in [3.63, 3.8) is 0 Å². The molecule has 0 aliphatic rings. The van der Waals surface area contributed by atoms with Gasteiger partial charge in [0, 0.05) is 24.4 Å². The van der Waals surface area contributed by atoms with Crippen LogP contribution in [0.3, 0.4) is 0 Å². The van der Waals surface area contributed by atoms with Crippen molar-refractivity contribution in [2.24, 2.45) is 5.92 Å². The summed E-state index contributed by atoms with van der Waals surface area (Å²) in [5.74, 6) is -0.397. The van der Waals surface area contributed by atoms with E-state index in [0.29, 0.717) is 12.2 Å². The number of rotatable bonds is 6. The van der Waals surface area contributed by atoms with Crippen LogP contribution < -0.4 is 0 Å². The van der Waals surface area contributed by atoms with Crippen molar-refractivity contribution in [1.29, 1.82) is 0 Å². The Morgan fingerprint density at radius 2 is 2.20 bits per heavy atom. The lowest BCUT2D eigenvalue weighted by Gasteiger charge is -2.24. The number of aliphatic hydroxyl groups excluding tert-OH is 1. The van der Waals surface area contributed by atoms with Crippen molar-refractivity contribution in [1.82, 2.24) is 14.9 Å². The Labute approximate surface area is 121 Å². The van der Waals surface area contributed by atoms with E-state index in [1.165, 1.54) is 12.1 Å². The standard InChI is InChI=1S/C14H18FN3OS/c1-10(6-18(2)7-12-8-20-9-17-12)14(19)13-4-3-11(15)5-16-13/h3-5,8-10,14,19H,6-7H2,1-2H3. The maximum Gasteiger partial charge on any atom is 0.141 e. The molecule has 2 aromatic rings. The van der Waals surface area contributed by atoms with Gasteiger partial charge >= 0.3 is 0 Å². The zero-order valence-corrected chi connectivity index (χ0v) is 12.3. The first-order chi connectivity index (χ1) is 9.56. The predicted octanol–water partition coefficient (Wildman–Crippen LogP) is 2.48. The number of aliphatic hydroxyl groups is 1. The van der Waals surface area contributed by atoms with E-state index in [0.717, 1.165) is 18.4 Å². The highest BCUT2D eigenvalue weighted by Gasteiger charge is 2.19. The molecule has 0 spiro atoms. The fraction of sp³-hybridized carbons (Fsp3) is 0.429. The Balaban J connectivity index is 1.90. The molecule has 0 fully saturated rings. The van der Waals surface area contributed by atoms with Gasteiger partial charge in [0.2, 0.25) is 0 Å². The zero-order valence-electron chi connectivity index (χ0n) is 11.5. The first kappa shape index (κ1) is 15.0. The topological polar surface area (TPSA) is 49.2 Å². The van der Waals surface area contributed by atoms with E-state index in [2.05, 4.69) is 14.9 Å². The van der Waals surface area contributed by atoms with Crippen LogP contribution in [-0.2, 0) is 6.54 Å². The molecule has 4 nitrogen and oxygen atoms in total. The highest BCUT2D eigenvalue weighted by molar-refractivity contribution is 7.07. The lowest BCUT2D eigenvalue weighted by molar-refractivity contribution is 0.0894. The molecule has 0 radical (unpaired) electrons. The summed E-state index contributed by atoms with van der Waals surface area (Å²) in [4.78, 5) is 10.3. The molecule has 6 heteroatoms. The van der Waals surface area contributed by atoms with Crippen LogP contribution in [0.5, 0.6) is 0 Å². The van der Waals surface area contributed by atoms with E-state index < -0.39 is 11.9 Å². The van der Waals surface area contributed by atoms with Crippen molar-refractivity contribution in [2.75, 3.05) is 13.6 Å². The van der Waals surface area contributed by atoms with Crippen LogP contribution in [0.25, 0.3) is 0 Å². The summed E-state index contributed by atoms with van der Waals surface area (Å²) in [7, 11) is 1.99. The molecule has 0 saturated carbocycles. The Morgan fingerprint density at radius 3 is 2.80 bits per heavy atom. The molecule has 0 aliphatic carbocycles. The molecule has 2 heterocycles. The quantitative estimate of drug-likeness (QED) is 0.889. The van der Waals surface area contributed by atoms with Gasteiger partial charge < -0.3 is 10.0 Å². The first-order valence-electron chi connectivity index (χ1n) is 6.41. The van der Waals surface area contributed by atoms with Gasteiger partial charge in [0.05, 0.1) is 29.2 Å². The largest absolute Gasteiger partial charge is 0.386 e. The molecule has 0 aromatic carbocycles. The average molecular weight is 295 g/mol. The summed E-state index contributed by atoms with van der Waals surface area (Å²) < 4.78 is 12.8.